The average molecular weight is 266 g/mol. The van der Waals surface area contributed by atoms with Crippen molar-refractivity contribution in [2.45, 2.75) is 12.9 Å². The highest BCUT2D eigenvalue weighted by Crippen LogP contribution is 2.35. The second kappa shape index (κ2) is 5.08. The topological polar surface area (TPSA) is 94.7 Å². The van der Waals surface area contributed by atoms with Crippen molar-refractivity contribution in [1.82, 2.24) is 4.98 Å². The first-order valence-electron chi connectivity index (χ1n) is 4.55. The van der Waals surface area contributed by atoms with E-state index in [1.165, 1.54) is 0 Å². The van der Waals surface area contributed by atoms with Gasteiger partial charge in [0.1, 0.15) is 5.69 Å². The van der Waals surface area contributed by atoms with Gasteiger partial charge in [-0.3, -0.25) is 0 Å². The summed E-state index contributed by atoms with van der Waals surface area (Å²) in [6.07, 6.45) is -4.95. The van der Waals surface area contributed by atoms with Gasteiger partial charge >= 0.3 is 12.3 Å². The Morgan fingerprint density at radius 1 is 1.56 bits per heavy atom. The average Bonchev–Trinajstić information content (AvgIpc) is 2.26. The summed E-state index contributed by atoms with van der Waals surface area (Å²) < 4.78 is 44.9. The van der Waals surface area contributed by atoms with Gasteiger partial charge in [0, 0.05) is 12.6 Å². The van der Waals surface area contributed by atoms with Crippen LogP contribution in [0.2, 0.25) is 0 Å². The summed E-state index contributed by atoms with van der Waals surface area (Å²) in [5, 5.41) is 8.73. The fraction of sp³-hybridized carbons (Fsp3) is 0.333. The molecule has 1 aromatic rings. The first-order chi connectivity index (χ1) is 8.28. The molecule has 0 amide bonds. The van der Waals surface area contributed by atoms with Crippen LogP contribution in [0.3, 0.4) is 0 Å². The smallest absolute Gasteiger partial charge is 0.493 e. The van der Waals surface area contributed by atoms with Gasteiger partial charge in [-0.05, 0) is 0 Å². The first-order valence-corrected chi connectivity index (χ1v) is 4.55. The van der Waals surface area contributed by atoms with E-state index in [1.54, 1.807) is 0 Å². The van der Waals surface area contributed by atoms with Gasteiger partial charge < -0.3 is 20.3 Å². The highest BCUT2D eigenvalue weighted by Gasteiger charge is 2.34. The molecule has 18 heavy (non-hydrogen) atoms. The van der Waals surface area contributed by atoms with Gasteiger partial charge in [-0.25, -0.2) is 9.78 Å². The molecule has 0 atom stereocenters. The van der Waals surface area contributed by atoms with Crippen LogP contribution in [0, 0.1) is 0 Å². The molecule has 1 rings (SSSR count). The molecule has 0 aliphatic rings. The van der Waals surface area contributed by atoms with Crippen LogP contribution in [-0.2, 0) is 6.54 Å². The number of carboxylic acid groups (broad SMARTS) is 1. The molecule has 0 aromatic carbocycles. The molecule has 0 bridgehead atoms. The quantitative estimate of drug-likeness (QED) is 0.848. The Morgan fingerprint density at radius 2 is 2.17 bits per heavy atom. The summed E-state index contributed by atoms with van der Waals surface area (Å²) in [6, 6.07) is 0.822. The lowest BCUT2D eigenvalue weighted by Gasteiger charge is -2.15. The summed E-state index contributed by atoms with van der Waals surface area (Å²) >= 11 is 0. The minimum absolute atomic E-state index is 0.357. The fourth-order valence-corrected chi connectivity index (χ4v) is 1.18. The number of carbonyl (C=O) groups is 1. The molecule has 0 unspecified atom stereocenters. The third-order valence-electron chi connectivity index (χ3n) is 1.86. The van der Waals surface area contributed by atoms with E-state index in [0.29, 0.717) is 0 Å². The van der Waals surface area contributed by atoms with Gasteiger partial charge in [0.05, 0.1) is 7.11 Å². The molecule has 6 nitrogen and oxygen atoms in total. The van der Waals surface area contributed by atoms with Gasteiger partial charge in [-0.2, -0.15) is 0 Å². The zero-order valence-electron chi connectivity index (χ0n) is 9.11. The SMILES string of the molecule is COc1cc(C(=O)O)nc(CN)c1OC(F)(F)F. The van der Waals surface area contributed by atoms with E-state index in [-0.39, 0.29) is 5.69 Å². The highest BCUT2D eigenvalue weighted by molar-refractivity contribution is 5.86. The number of alkyl halides is 3. The van der Waals surface area contributed by atoms with E-state index in [2.05, 4.69) is 14.5 Å². The van der Waals surface area contributed by atoms with Crippen LogP contribution in [0.15, 0.2) is 6.07 Å². The molecular formula is C9H9F3N2O4. The van der Waals surface area contributed by atoms with Crippen molar-refractivity contribution in [2.24, 2.45) is 5.73 Å². The highest BCUT2D eigenvalue weighted by atomic mass is 19.4. The number of pyridine rings is 1. The largest absolute Gasteiger partial charge is 0.573 e. The molecule has 0 fully saturated rings. The molecule has 0 aliphatic heterocycles. The number of rotatable bonds is 4. The first kappa shape index (κ1) is 14.0. The van der Waals surface area contributed by atoms with Crippen LogP contribution in [0.4, 0.5) is 13.2 Å². The zero-order valence-corrected chi connectivity index (χ0v) is 9.11. The predicted octanol–water partition coefficient (Wildman–Crippen LogP) is 1.15. The Labute approximate surface area is 99.1 Å². The molecule has 0 aliphatic carbocycles. The standard InChI is InChI=1S/C9H9F3N2O4/c1-17-6-2-4(8(15)16)14-5(3-13)7(6)18-9(10,11)12/h2H,3,13H2,1H3,(H,15,16). The maximum absolute atomic E-state index is 12.2. The van der Waals surface area contributed by atoms with Crippen molar-refractivity contribution in [3.63, 3.8) is 0 Å². The lowest BCUT2D eigenvalue weighted by Crippen LogP contribution is -2.20. The molecule has 9 heteroatoms. The van der Waals surface area contributed by atoms with Crippen LogP contribution < -0.4 is 15.2 Å². The minimum Gasteiger partial charge on any atom is -0.493 e. The fourth-order valence-electron chi connectivity index (χ4n) is 1.18. The van der Waals surface area contributed by atoms with Gasteiger partial charge in [-0.1, -0.05) is 0 Å². The number of halogens is 3. The monoisotopic (exact) mass is 266 g/mol. The third-order valence-corrected chi connectivity index (χ3v) is 1.86. The number of ether oxygens (including phenoxy) is 2. The molecule has 0 saturated heterocycles. The number of hydrogen-bond acceptors (Lipinski definition) is 5. The molecule has 0 saturated carbocycles. The number of nitrogens with two attached hydrogens (primary N) is 1. The third kappa shape index (κ3) is 3.23. The van der Waals surface area contributed by atoms with Crippen LogP contribution in [-0.4, -0.2) is 29.5 Å². The lowest BCUT2D eigenvalue weighted by atomic mass is 10.2. The molecule has 0 radical (unpaired) electrons. The van der Waals surface area contributed by atoms with Crippen LogP contribution in [0.1, 0.15) is 16.2 Å². The van der Waals surface area contributed by atoms with Crippen molar-refractivity contribution in [1.29, 1.82) is 0 Å². The maximum atomic E-state index is 12.2. The van der Waals surface area contributed by atoms with Crippen LogP contribution in [0.5, 0.6) is 11.5 Å². The summed E-state index contributed by atoms with van der Waals surface area (Å²) in [5.74, 6) is -2.56. The van der Waals surface area contributed by atoms with Gasteiger partial charge in [-0.15, -0.1) is 13.2 Å². The number of methoxy groups -OCH3 is 1. The summed E-state index contributed by atoms with van der Waals surface area (Å²) in [6.45, 7) is -0.428. The van der Waals surface area contributed by atoms with Crippen molar-refractivity contribution in [2.75, 3.05) is 7.11 Å². The maximum Gasteiger partial charge on any atom is 0.573 e. The molecule has 3 N–H and O–H groups in total. The van der Waals surface area contributed by atoms with Gasteiger partial charge in [0.25, 0.3) is 0 Å². The van der Waals surface area contributed by atoms with E-state index in [9.17, 15) is 18.0 Å². The zero-order chi connectivity index (χ0) is 13.9. The van der Waals surface area contributed by atoms with Crippen LogP contribution >= 0.6 is 0 Å². The number of aromatic nitrogens is 1. The Morgan fingerprint density at radius 3 is 2.56 bits per heavy atom. The number of nitrogens with zero attached hydrogens (tertiary/aromatic N) is 1. The normalized spacial score (nSPS) is 11.2. The van der Waals surface area contributed by atoms with E-state index in [1.807, 2.05) is 0 Å². The molecule has 1 heterocycles. The van der Waals surface area contributed by atoms with E-state index in [4.69, 9.17) is 10.8 Å². The Bertz CT molecular complexity index is 437. The van der Waals surface area contributed by atoms with Gasteiger partial charge in [0.2, 0.25) is 0 Å². The van der Waals surface area contributed by atoms with Crippen molar-refractivity contribution in [3.05, 3.63) is 17.5 Å². The number of carboxylic acids is 1. The Balaban J connectivity index is 3.34. The summed E-state index contributed by atoms with van der Waals surface area (Å²) in [7, 11) is 1.07. The van der Waals surface area contributed by atoms with Crippen molar-refractivity contribution >= 4 is 5.97 Å². The molecule has 1 aromatic heterocycles. The number of hydrogen-bond donors (Lipinski definition) is 2. The molecule has 0 spiro atoms. The second-order valence-corrected chi connectivity index (χ2v) is 3.04. The van der Waals surface area contributed by atoms with Crippen molar-refractivity contribution in [3.8, 4) is 11.5 Å². The van der Waals surface area contributed by atoms with Crippen molar-refractivity contribution < 1.29 is 32.5 Å². The van der Waals surface area contributed by atoms with Crippen LogP contribution in [0.25, 0.3) is 0 Å². The van der Waals surface area contributed by atoms with E-state index >= 15 is 0 Å². The summed E-state index contributed by atoms with van der Waals surface area (Å²) in [5.41, 5.74) is 4.36. The predicted molar refractivity (Wildman–Crippen MR) is 52.3 cm³/mol. The summed E-state index contributed by atoms with van der Waals surface area (Å²) in [4.78, 5) is 14.2. The number of aromatic carboxylic acids is 1. The molecule has 100 valence electrons. The second-order valence-electron chi connectivity index (χ2n) is 3.04. The molecular weight excluding hydrogens is 257 g/mol. The Kier molecular flexibility index (Phi) is 3.96. The van der Waals surface area contributed by atoms with E-state index in [0.717, 1.165) is 13.2 Å². The lowest BCUT2D eigenvalue weighted by molar-refractivity contribution is -0.275. The minimum atomic E-state index is -4.95. The van der Waals surface area contributed by atoms with E-state index < -0.39 is 36.1 Å². The Hall–Kier alpha value is -2.03. The van der Waals surface area contributed by atoms with Gasteiger partial charge in [0.15, 0.2) is 17.2 Å².